The Kier molecular flexibility index (Phi) is 5.67. The van der Waals surface area contributed by atoms with Gasteiger partial charge in [0.05, 0.1) is 16.8 Å². The molecule has 2 rings (SSSR count). The number of carbonyl (C=O) groups is 2. The molecule has 7 heteroatoms. The molecule has 22 heavy (non-hydrogen) atoms. The molecule has 0 aromatic heterocycles. The van der Waals surface area contributed by atoms with Crippen LogP contribution in [0.5, 0.6) is 0 Å². The standard InChI is InChI=1S/C15H19Cl2N3O2/c1-9(18)15(22)20-7-3-2-4-13(20)14(21)19-12-6-5-10(16)8-11(12)17/h5-6,8-9,13H,2-4,7,18H2,1H3,(H,19,21)/t9-,13?/m0/s1. The highest BCUT2D eigenvalue weighted by Gasteiger charge is 2.33. The fourth-order valence-corrected chi connectivity index (χ4v) is 2.99. The van der Waals surface area contributed by atoms with Crippen molar-refractivity contribution in [1.82, 2.24) is 4.90 Å². The summed E-state index contributed by atoms with van der Waals surface area (Å²) in [6.45, 7) is 2.18. The van der Waals surface area contributed by atoms with Crippen LogP contribution in [0.15, 0.2) is 18.2 Å². The van der Waals surface area contributed by atoms with Crippen LogP contribution in [-0.2, 0) is 9.59 Å². The first-order chi connectivity index (χ1) is 10.4. The van der Waals surface area contributed by atoms with E-state index in [0.717, 1.165) is 12.8 Å². The maximum absolute atomic E-state index is 12.5. The number of nitrogens with one attached hydrogen (secondary N) is 1. The Bertz CT molecular complexity index is 578. The van der Waals surface area contributed by atoms with Gasteiger partial charge in [-0.15, -0.1) is 0 Å². The number of rotatable bonds is 3. The Balaban J connectivity index is 2.13. The highest BCUT2D eigenvalue weighted by atomic mass is 35.5. The Morgan fingerprint density at radius 2 is 2.09 bits per heavy atom. The van der Waals surface area contributed by atoms with E-state index in [4.69, 9.17) is 28.9 Å². The highest BCUT2D eigenvalue weighted by molar-refractivity contribution is 6.36. The zero-order valence-corrected chi connectivity index (χ0v) is 13.8. The number of amides is 2. The molecule has 1 unspecified atom stereocenters. The lowest BCUT2D eigenvalue weighted by Crippen LogP contribution is -2.54. The maximum Gasteiger partial charge on any atom is 0.247 e. The summed E-state index contributed by atoms with van der Waals surface area (Å²) in [5.41, 5.74) is 6.15. The average molecular weight is 344 g/mol. The molecule has 0 bridgehead atoms. The van der Waals surface area contributed by atoms with Crippen molar-refractivity contribution in [2.24, 2.45) is 5.73 Å². The van der Waals surface area contributed by atoms with Gasteiger partial charge in [-0.1, -0.05) is 23.2 Å². The largest absolute Gasteiger partial charge is 0.329 e. The maximum atomic E-state index is 12.5. The van der Waals surface area contributed by atoms with Crippen molar-refractivity contribution in [2.45, 2.75) is 38.3 Å². The number of carbonyl (C=O) groups excluding carboxylic acids is 2. The predicted octanol–water partition coefficient (Wildman–Crippen LogP) is 2.66. The molecule has 1 saturated heterocycles. The van der Waals surface area contributed by atoms with E-state index in [0.29, 0.717) is 28.7 Å². The molecule has 1 aliphatic heterocycles. The number of nitrogens with two attached hydrogens (primary N) is 1. The number of halogens is 2. The van der Waals surface area contributed by atoms with Crippen molar-refractivity contribution in [3.05, 3.63) is 28.2 Å². The molecule has 5 nitrogen and oxygen atoms in total. The van der Waals surface area contributed by atoms with Crippen LogP contribution >= 0.6 is 23.2 Å². The van der Waals surface area contributed by atoms with E-state index in [9.17, 15) is 9.59 Å². The molecule has 1 aliphatic rings. The van der Waals surface area contributed by atoms with Gasteiger partial charge in [0, 0.05) is 11.6 Å². The second-order valence-electron chi connectivity index (χ2n) is 5.45. The third-order valence-corrected chi connectivity index (χ3v) is 4.21. The molecule has 1 heterocycles. The monoisotopic (exact) mass is 343 g/mol. The quantitative estimate of drug-likeness (QED) is 0.885. The zero-order valence-electron chi connectivity index (χ0n) is 12.3. The lowest BCUT2D eigenvalue weighted by molar-refractivity contribution is -0.141. The molecule has 1 aromatic carbocycles. The molecule has 0 spiro atoms. The smallest absolute Gasteiger partial charge is 0.247 e. The Morgan fingerprint density at radius 1 is 1.36 bits per heavy atom. The number of piperidine rings is 1. The normalized spacial score (nSPS) is 19.6. The van der Waals surface area contributed by atoms with E-state index in [1.54, 1.807) is 30.0 Å². The van der Waals surface area contributed by atoms with Crippen LogP contribution in [0.3, 0.4) is 0 Å². The molecular formula is C15H19Cl2N3O2. The summed E-state index contributed by atoms with van der Waals surface area (Å²) in [5, 5.41) is 3.62. The SMILES string of the molecule is C[C@H](N)C(=O)N1CCCCC1C(=O)Nc1ccc(Cl)cc1Cl. The van der Waals surface area contributed by atoms with Gasteiger partial charge < -0.3 is 16.0 Å². The van der Waals surface area contributed by atoms with Gasteiger partial charge in [-0.3, -0.25) is 9.59 Å². The summed E-state index contributed by atoms with van der Waals surface area (Å²) < 4.78 is 0. The molecule has 120 valence electrons. The van der Waals surface area contributed by atoms with Crippen molar-refractivity contribution >= 4 is 40.7 Å². The number of likely N-dealkylation sites (tertiary alicyclic amines) is 1. The summed E-state index contributed by atoms with van der Waals surface area (Å²) in [4.78, 5) is 26.2. The van der Waals surface area contributed by atoms with Gasteiger partial charge in [0.15, 0.2) is 0 Å². The Hall–Kier alpha value is -1.30. The second kappa shape index (κ2) is 7.31. The van der Waals surface area contributed by atoms with E-state index in [1.165, 1.54) is 0 Å². The zero-order chi connectivity index (χ0) is 16.3. The molecule has 1 fully saturated rings. The van der Waals surface area contributed by atoms with Crippen LogP contribution < -0.4 is 11.1 Å². The molecule has 1 aromatic rings. The van der Waals surface area contributed by atoms with E-state index in [2.05, 4.69) is 5.32 Å². The van der Waals surface area contributed by atoms with Crippen LogP contribution in [0, 0.1) is 0 Å². The topological polar surface area (TPSA) is 75.4 Å². The minimum atomic E-state index is -0.618. The van der Waals surface area contributed by atoms with Crippen molar-refractivity contribution < 1.29 is 9.59 Å². The molecule has 0 radical (unpaired) electrons. The molecule has 0 aliphatic carbocycles. The number of benzene rings is 1. The van der Waals surface area contributed by atoms with Crippen LogP contribution in [-0.4, -0.2) is 35.3 Å². The average Bonchev–Trinajstić information content (AvgIpc) is 2.49. The van der Waals surface area contributed by atoms with E-state index in [-0.39, 0.29) is 11.8 Å². The summed E-state index contributed by atoms with van der Waals surface area (Å²) in [5.74, 6) is -0.458. The summed E-state index contributed by atoms with van der Waals surface area (Å²) >= 11 is 11.9. The van der Waals surface area contributed by atoms with E-state index < -0.39 is 12.1 Å². The summed E-state index contributed by atoms with van der Waals surface area (Å²) in [6, 6.07) is 3.72. The van der Waals surface area contributed by atoms with Gasteiger partial charge >= 0.3 is 0 Å². The molecular weight excluding hydrogens is 325 g/mol. The van der Waals surface area contributed by atoms with Gasteiger partial charge in [-0.2, -0.15) is 0 Å². The van der Waals surface area contributed by atoms with Crippen molar-refractivity contribution in [3.8, 4) is 0 Å². The van der Waals surface area contributed by atoms with Gasteiger partial charge in [0.1, 0.15) is 6.04 Å². The first-order valence-corrected chi connectivity index (χ1v) is 7.97. The lowest BCUT2D eigenvalue weighted by atomic mass is 10.00. The minimum absolute atomic E-state index is 0.206. The van der Waals surface area contributed by atoms with Gasteiger partial charge in [0.2, 0.25) is 11.8 Å². The second-order valence-corrected chi connectivity index (χ2v) is 6.29. The van der Waals surface area contributed by atoms with Crippen LogP contribution in [0.4, 0.5) is 5.69 Å². The van der Waals surface area contributed by atoms with Gasteiger partial charge in [-0.25, -0.2) is 0 Å². The number of hydrogen-bond donors (Lipinski definition) is 2. The van der Waals surface area contributed by atoms with Crippen LogP contribution in [0.1, 0.15) is 26.2 Å². The van der Waals surface area contributed by atoms with Gasteiger partial charge in [-0.05, 0) is 44.4 Å². The third-order valence-electron chi connectivity index (χ3n) is 3.67. The van der Waals surface area contributed by atoms with Crippen molar-refractivity contribution in [3.63, 3.8) is 0 Å². The Labute approximate surface area is 139 Å². The lowest BCUT2D eigenvalue weighted by Gasteiger charge is -2.35. The van der Waals surface area contributed by atoms with Gasteiger partial charge in [0.25, 0.3) is 0 Å². The van der Waals surface area contributed by atoms with Crippen LogP contribution in [0.25, 0.3) is 0 Å². The first-order valence-electron chi connectivity index (χ1n) is 7.22. The van der Waals surface area contributed by atoms with E-state index >= 15 is 0 Å². The number of hydrogen-bond acceptors (Lipinski definition) is 3. The highest BCUT2D eigenvalue weighted by Crippen LogP contribution is 2.27. The molecule has 0 saturated carbocycles. The predicted molar refractivity (Wildman–Crippen MR) is 88.1 cm³/mol. The summed E-state index contributed by atoms with van der Waals surface area (Å²) in [6.07, 6.45) is 2.40. The number of anilines is 1. The molecule has 2 atom stereocenters. The molecule has 2 amide bonds. The fourth-order valence-electron chi connectivity index (χ4n) is 2.54. The van der Waals surface area contributed by atoms with Crippen LogP contribution in [0.2, 0.25) is 10.0 Å². The third kappa shape index (κ3) is 3.91. The Morgan fingerprint density at radius 3 is 2.73 bits per heavy atom. The van der Waals surface area contributed by atoms with Crippen molar-refractivity contribution in [2.75, 3.05) is 11.9 Å². The van der Waals surface area contributed by atoms with Crippen molar-refractivity contribution in [1.29, 1.82) is 0 Å². The summed E-state index contributed by atoms with van der Waals surface area (Å²) in [7, 11) is 0. The molecule has 3 N–H and O–H groups in total. The first kappa shape index (κ1) is 17.1. The van der Waals surface area contributed by atoms with E-state index in [1.807, 2.05) is 0 Å². The number of nitrogens with zero attached hydrogens (tertiary/aromatic N) is 1. The minimum Gasteiger partial charge on any atom is -0.329 e. The fraction of sp³-hybridized carbons (Fsp3) is 0.467.